The van der Waals surface area contributed by atoms with Gasteiger partial charge in [-0.2, -0.15) is 0 Å². The predicted molar refractivity (Wildman–Crippen MR) is 118 cm³/mol. The molecule has 2 aliphatic heterocycles. The number of rotatable bonds is 3. The van der Waals surface area contributed by atoms with Crippen LogP contribution in [-0.2, 0) is 14.4 Å². The zero-order chi connectivity index (χ0) is 21.4. The number of thioether (sulfide) groups is 1. The number of fused-ring (bicyclic) bond motifs is 9. The summed E-state index contributed by atoms with van der Waals surface area (Å²) in [7, 11) is 0. The number of aryl methyl sites for hydroxylation is 1. The third-order valence-electron chi connectivity index (χ3n) is 6.88. The van der Waals surface area contributed by atoms with Crippen molar-refractivity contribution >= 4 is 52.6 Å². The molecule has 2 N–H and O–H groups in total. The second-order valence-corrected chi connectivity index (χ2v) is 10.8. The first-order valence-electron chi connectivity index (χ1n) is 10.2. The van der Waals surface area contributed by atoms with E-state index in [9.17, 15) is 19.2 Å². The molecule has 4 aliphatic rings. The number of aromatic nitrogens is 1. The van der Waals surface area contributed by atoms with Gasteiger partial charge in [0.1, 0.15) is 6.54 Å². The van der Waals surface area contributed by atoms with Crippen LogP contribution >= 0.6 is 23.1 Å². The molecule has 3 fully saturated rings. The van der Waals surface area contributed by atoms with Crippen LogP contribution in [0.25, 0.3) is 6.08 Å². The molecule has 3 heterocycles. The molecule has 158 valence electrons. The number of benzene rings is 1. The lowest BCUT2D eigenvalue weighted by atomic mass is 9.77. The molecule has 31 heavy (non-hydrogen) atoms. The number of imide groups is 1. The molecule has 2 bridgehead atoms. The number of nitrogens with one attached hydrogen (secondary N) is 2. The SMILES string of the molecule is Cc1ccc(NC(=O)CN2C(=O)[C@@H]3[C@H]4C[C@H](C5=Cc6sc(=O)[nH]c6S[C@H]54)[C@@H]3C2=O)cc1. The van der Waals surface area contributed by atoms with Gasteiger partial charge in [-0.1, -0.05) is 46.4 Å². The van der Waals surface area contributed by atoms with Gasteiger partial charge in [-0.3, -0.25) is 24.1 Å². The van der Waals surface area contributed by atoms with Gasteiger partial charge in [0.15, 0.2) is 0 Å². The van der Waals surface area contributed by atoms with Crippen molar-refractivity contribution in [3.63, 3.8) is 0 Å². The summed E-state index contributed by atoms with van der Waals surface area (Å²) in [5.41, 5.74) is 2.90. The molecule has 9 heteroatoms. The van der Waals surface area contributed by atoms with Gasteiger partial charge in [0.2, 0.25) is 17.7 Å². The van der Waals surface area contributed by atoms with Crippen molar-refractivity contribution in [3.05, 3.63) is 49.9 Å². The van der Waals surface area contributed by atoms with Gasteiger partial charge in [-0.05, 0) is 43.4 Å². The Balaban J connectivity index is 1.23. The highest BCUT2D eigenvalue weighted by molar-refractivity contribution is 8.00. The van der Waals surface area contributed by atoms with Crippen LogP contribution in [0.1, 0.15) is 16.9 Å². The summed E-state index contributed by atoms with van der Waals surface area (Å²) in [4.78, 5) is 55.5. The molecule has 5 atom stereocenters. The van der Waals surface area contributed by atoms with Crippen LogP contribution in [0.5, 0.6) is 0 Å². The molecular formula is C22H19N3O4S2. The second kappa shape index (κ2) is 6.67. The van der Waals surface area contributed by atoms with E-state index in [0.29, 0.717) is 5.69 Å². The Morgan fingerprint density at radius 3 is 2.68 bits per heavy atom. The first-order chi connectivity index (χ1) is 14.9. The minimum absolute atomic E-state index is 0.0134. The molecule has 2 aromatic rings. The Morgan fingerprint density at radius 1 is 1.16 bits per heavy atom. The van der Waals surface area contributed by atoms with Crippen molar-refractivity contribution in [2.45, 2.75) is 23.6 Å². The number of hydrogen-bond acceptors (Lipinski definition) is 6. The molecule has 2 aliphatic carbocycles. The Bertz CT molecular complexity index is 1230. The van der Waals surface area contributed by atoms with Crippen molar-refractivity contribution in [1.29, 1.82) is 0 Å². The molecule has 6 rings (SSSR count). The van der Waals surface area contributed by atoms with E-state index in [0.717, 1.165) is 26.8 Å². The maximum absolute atomic E-state index is 13.2. The normalized spacial score (nSPS) is 30.2. The Hall–Kier alpha value is -2.65. The highest BCUT2D eigenvalue weighted by atomic mass is 32.2. The van der Waals surface area contributed by atoms with Crippen LogP contribution in [0.4, 0.5) is 5.69 Å². The topological polar surface area (TPSA) is 99.3 Å². The number of carbonyl (C=O) groups is 3. The number of likely N-dealkylation sites (tertiary alicyclic amines) is 1. The van der Waals surface area contributed by atoms with E-state index in [1.165, 1.54) is 16.9 Å². The number of aromatic amines is 1. The van der Waals surface area contributed by atoms with Gasteiger partial charge in [0, 0.05) is 10.9 Å². The van der Waals surface area contributed by atoms with E-state index in [2.05, 4.69) is 10.3 Å². The number of nitrogens with zero attached hydrogens (tertiary/aromatic N) is 1. The third-order valence-corrected chi connectivity index (χ3v) is 9.27. The quantitative estimate of drug-likeness (QED) is 0.696. The first kappa shape index (κ1) is 19.1. The van der Waals surface area contributed by atoms with Crippen molar-refractivity contribution < 1.29 is 14.4 Å². The van der Waals surface area contributed by atoms with E-state index in [-0.39, 0.29) is 58.1 Å². The minimum Gasteiger partial charge on any atom is -0.325 e. The van der Waals surface area contributed by atoms with Crippen LogP contribution in [-0.4, -0.2) is 39.4 Å². The Kier molecular flexibility index (Phi) is 4.10. The molecule has 0 radical (unpaired) electrons. The Labute approximate surface area is 185 Å². The molecule has 1 saturated heterocycles. The zero-order valence-corrected chi connectivity index (χ0v) is 18.2. The number of H-pyrrole nitrogens is 1. The fourth-order valence-electron chi connectivity index (χ4n) is 5.62. The van der Waals surface area contributed by atoms with Crippen LogP contribution in [0, 0.1) is 30.6 Å². The average Bonchev–Trinajstić information content (AvgIpc) is 3.45. The summed E-state index contributed by atoms with van der Waals surface area (Å²) in [6, 6.07) is 7.38. The maximum Gasteiger partial charge on any atom is 0.305 e. The molecular weight excluding hydrogens is 434 g/mol. The summed E-state index contributed by atoms with van der Waals surface area (Å²) in [5.74, 6) is -1.52. The molecule has 0 unspecified atom stereocenters. The summed E-state index contributed by atoms with van der Waals surface area (Å²) < 4.78 is 0. The predicted octanol–water partition coefficient (Wildman–Crippen LogP) is 2.49. The molecule has 0 spiro atoms. The molecule has 7 nitrogen and oxygen atoms in total. The van der Waals surface area contributed by atoms with Crippen molar-refractivity contribution in [1.82, 2.24) is 9.88 Å². The lowest BCUT2D eigenvalue weighted by Crippen LogP contribution is -2.39. The lowest BCUT2D eigenvalue weighted by Gasteiger charge is -2.32. The molecule has 2 saturated carbocycles. The van der Waals surface area contributed by atoms with Gasteiger partial charge >= 0.3 is 4.87 Å². The number of amides is 3. The summed E-state index contributed by atoms with van der Waals surface area (Å²) >= 11 is 2.79. The standard InChI is InChI=1S/C22H19N3O4S2/c1-9-2-4-10(5-3-9)23-15(26)8-25-20(27)16-11-6-13(17(16)21(25)28)18-12(11)7-14-19(31-18)24-22(29)30-14/h2-5,7,11,13,16-18H,6,8H2,1H3,(H,23,26)(H,24,29)/t11-,13-,16+,17-,18-/m1/s1. The number of anilines is 1. The summed E-state index contributed by atoms with van der Waals surface area (Å²) in [6.07, 6.45) is 2.86. The Morgan fingerprint density at radius 2 is 1.90 bits per heavy atom. The number of thiazole rings is 1. The lowest BCUT2D eigenvalue weighted by molar-refractivity contribution is -0.143. The highest BCUT2D eigenvalue weighted by Crippen LogP contribution is 2.64. The maximum atomic E-state index is 13.2. The van der Waals surface area contributed by atoms with Crippen LogP contribution in [0.3, 0.4) is 0 Å². The first-order valence-corrected chi connectivity index (χ1v) is 11.9. The van der Waals surface area contributed by atoms with Gasteiger partial charge in [-0.25, -0.2) is 0 Å². The zero-order valence-electron chi connectivity index (χ0n) is 16.6. The third kappa shape index (κ3) is 2.79. The second-order valence-electron chi connectivity index (χ2n) is 8.63. The largest absolute Gasteiger partial charge is 0.325 e. The smallest absolute Gasteiger partial charge is 0.305 e. The average molecular weight is 454 g/mol. The monoisotopic (exact) mass is 453 g/mol. The molecule has 3 amide bonds. The van der Waals surface area contributed by atoms with E-state index < -0.39 is 0 Å². The van der Waals surface area contributed by atoms with Gasteiger partial charge < -0.3 is 10.3 Å². The highest BCUT2D eigenvalue weighted by Gasteiger charge is 2.66. The minimum atomic E-state index is -0.384. The molecule has 1 aromatic carbocycles. The van der Waals surface area contributed by atoms with Crippen molar-refractivity contribution in [2.24, 2.45) is 23.7 Å². The molecule has 1 aromatic heterocycles. The van der Waals surface area contributed by atoms with Gasteiger partial charge in [0.25, 0.3) is 0 Å². The van der Waals surface area contributed by atoms with Crippen LogP contribution in [0.2, 0.25) is 0 Å². The number of hydrogen-bond donors (Lipinski definition) is 2. The van der Waals surface area contributed by atoms with Gasteiger partial charge in [-0.15, -0.1) is 0 Å². The van der Waals surface area contributed by atoms with E-state index >= 15 is 0 Å². The van der Waals surface area contributed by atoms with Gasteiger partial charge in [0.05, 0.1) is 21.7 Å². The van der Waals surface area contributed by atoms with E-state index in [1.807, 2.05) is 25.1 Å². The fraction of sp³-hybridized carbons (Fsp3) is 0.364. The van der Waals surface area contributed by atoms with E-state index in [1.54, 1.807) is 23.9 Å². The van der Waals surface area contributed by atoms with Crippen molar-refractivity contribution in [2.75, 3.05) is 11.9 Å². The summed E-state index contributed by atoms with van der Waals surface area (Å²) in [5, 5.41) is 3.74. The number of carbonyl (C=O) groups excluding carboxylic acids is 3. The van der Waals surface area contributed by atoms with Crippen molar-refractivity contribution in [3.8, 4) is 0 Å². The summed E-state index contributed by atoms with van der Waals surface area (Å²) in [6.45, 7) is 1.71. The van der Waals surface area contributed by atoms with Crippen LogP contribution in [0.15, 0.2) is 39.7 Å². The fourth-order valence-corrected chi connectivity index (χ4v) is 8.06. The van der Waals surface area contributed by atoms with E-state index in [4.69, 9.17) is 0 Å². The van der Waals surface area contributed by atoms with Crippen LogP contribution < -0.4 is 10.2 Å².